The summed E-state index contributed by atoms with van der Waals surface area (Å²) in [6.07, 6.45) is 1.36. The summed E-state index contributed by atoms with van der Waals surface area (Å²) in [4.78, 5) is 49.0. The van der Waals surface area contributed by atoms with Crippen molar-refractivity contribution < 1.29 is 42.1 Å². The highest BCUT2D eigenvalue weighted by atomic mass is 32.1. The Kier molecular flexibility index (Phi) is 15.3. The normalized spacial score (nSPS) is 19.9. The Hall–Kier alpha value is -5.29. The monoisotopic (exact) mass is 904 g/mol. The minimum atomic E-state index is -1.64. The number of nitrogens with two attached hydrogens (primary N) is 1. The highest BCUT2D eigenvalue weighted by molar-refractivity contribution is 7.13. The molecule has 344 valence electrons. The number of ether oxygens (including phenoxy) is 2. The van der Waals surface area contributed by atoms with E-state index in [0.717, 1.165) is 45.0 Å². The average molecular weight is 905 g/mol. The molecule has 4 aromatic rings. The molecule has 0 unspecified atom stereocenters. The number of nitrogens with zero attached hydrogens (tertiary/aromatic N) is 3. The summed E-state index contributed by atoms with van der Waals surface area (Å²) in [6.45, 7) is 11.3. The van der Waals surface area contributed by atoms with E-state index < -0.39 is 71.3 Å². The molecule has 0 spiro atoms. The number of carbonyl (C=O) groups is 3. The highest BCUT2D eigenvalue weighted by Gasteiger charge is 2.44. The van der Waals surface area contributed by atoms with E-state index in [1.807, 2.05) is 50.2 Å². The van der Waals surface area contributed by atoms with Crippen LogP contribution in [-0.2, 0) is 25.7 Å². The average Bonchev–Trinajstić information content (AvgIpc) is 3.84. The molecular formula is C48H59F3N6O6S. The number of aryl methyl sites for hydroxylation is 1. The molecule has 6 rings (SSSR count). The predicted molar refractivity (Wildman–Crippen MR) is 242 cm³/mol. The molecule has 64 heavy (non-hydrogen) atoms. The van der Waals surface area contributed by atoms with E-state index in [-0.39, 0.29) is 56.6 Å². The van der Waals surface area contributed by atoms with Crippen molar-refractivity contribution in [2.75, 3.05) is 38.6 Å². The van der Waals surface area contributed by atoms with Gasteiger partial charge < -0.3 is 35.8 Å². The van der Waals surface area contributed by atoms with Crippen molar-refractivity contribution in [2.24, 2.45) is 5.41 Å². The van der Waals surface area contributed by atoms with Crippen molar-refractivity contribution in [3.63, 3.8) is 0 Å². The van der Waals surface area contributed by atoms with Crippen LogP contribution in [-0.4, -0.2) is 100 Å². The van der Waals surface area contributed by atoms with Crippen LogP contribution in [0.5, 0.6) is 5.75 Å². The van der Waals surface area contributed by atoms with Gasteiger partial charge in [-0.1, -0.05) is 69.3 Å². The minimum absolute atomic E-state index is 0.0448. The molecule has 3 amide bonds. The lowest BCUT2D eigenvalue weighted by Crippen LogP contribution is -2.58. The molecule has 5 atom stereocenters. The van der Waals surface area contributed by atoms with Crippen molar-refractivity contribution in [3.05, 3.63) is 106 Å². The topological polar surface area (TPSA) is 159 Å². The van der Waals surface area contributed by atoms with Gasteiger partial charge in [-0.15, -0.1) is 11.3 Å². The van der Waals surface area contributed by atoms with Crippen LogP contribution in [0.1, 0.15) is 82.8 Å². The zero-order chi connectivity index (χ0) is 46.5. The van der Waals surface area contributed by atoms with Gasteiger partial charge in [0.05, 0.1) is 34.8 Å². The quantitative estimate of drug-likeness (QED) is 0.0677. The number of nitrogen functional groups attached to an aromatic ring is 1. The number of amides is 3. The maximum Gasteiger partial charge on any atom is 0.246 e. The van der Waals surface area contributed by atoms with Crippen molar-refractivity contribution in [2.45, 2.75) is 104 Å². The first-order chi connectivity index (χ1) is 30.2. The molecule has 1 saturated heterocycles. The van der Waals surface area contributed by atoms with Gasteiger partial charge in [-0.05, 0) is 62.3 Å². The zero-order valence-electron chi connectivity index (χ0n) is 37.4. The van der Waals surface area contributed by atoms with Gasteiger partial charge in [0.15, 0.2) is 0 Å². The number of β-amino-alcohol motifs (C(OH)–C–C–N with tert-alkyl or cyclic N) is 1. The van der Waals surface area contributed by atoms with Crippen LogP contribution < -0.4 is 21.1 Å². The van der Waals surface area contributed by atoms with Crippen LogP contribution in [0.15, 0.2) is 72.3 Å². The molecule has 1 fully saturated rings. The number of nitrogens with one attached hydrogen (secondary N) is 2. The van der Waals surface area contributed by atoms with Gasteiger partial charge in [0.25, 0.3) is 0 Å². The standard InChI is InChI=1S/C48H59F3N6O6S/c1-28-18-32(35-10-8-9-11-38(35)52)19-39(57(28)26-48(6,7)51)42-36(49)21-34(22-37(42)50)63-17-16-62-25-41(59)55-44(47(3,4)5)46(61)56-24-33(58)20-40(56)45(60)53-23-30-12-14-31(15-13-30)43-29(2)54-27-64-43/h8-15,19,21-22,27-28,33,39-40,44,58H,16-18,20,23-26,52H2,1-7H3,(H,53,60)(H,55,59)/t28-,33-,39+,40+,44-/m1/s1. The lowest BCUT2D eigenvalue weighted by Gasteiger charge is -2.42. The van der Waals surface area contributed by atoms with Crippen LogP contribution in [0, 0.1) is 24.0 Å². The van der Waals surface area contributed by atoms with E-state index in [1.165, 1.54) is 18.7 Å². The number of thiazole rings is 1. The van der Waals surface area contributed by atoms with E-state index in [2.05, 4.69) is 15.6 Å². The number of aliphatic hydroxyl groups is 1. The summed E-state index contributed by atoms with van der Waals surface area (Å²) in [6, 6.07) is 13.9. The molecule has 0 radical (unpaired) electrons. The number of aliphatic hydroxyl groups excluding tert-OH is 1. The number of halogens is 3. The third kappa shape index (κ3) is 11.9. The maximum absolute atomic E-state index is 15.9. The summed E-state index contributed by atoms with van der Waals surface area (Å²) in [5, 5.41) is 16.2. The molecule has 2 aliphatic rings. The SMILES string of the molecule is Cc1ncsc1-c1ccc(CNC(=O)[C@@H]2C[C@@H](O)CN2C(=O)[C@@H](NC(=O)COCCOc2cc(F)c([C@@H]3C=C(c4ccccc4N)C[C@@H](C)N3CC(C)(C)F)c(F)c2)C(C)(C)C)cc1. The van der Waals surface area contributed by atoms with Gasteiger partial charge in [-0.2, -0.15) is 0 Å². The number of benzene rings is 3. The summed E-state index contributed by atoms with van der Waals surface area (Å²) in [7, 11) is 0. The van der Waals surface area contributed by atoms with Crippen molar-refractivity contribution >= 4 is 40.3 Å². The molecular weight excluding hydrogens is 846 g/mol. The molecule has 3 heterocycles. The van der Waals surface area contributed by atoms with E-state index >= 15 is 13.2 Å². The van der Waals surface area contributed by atoms with Gasteiger partial charge in [0.2, 0.25) is 17.7 Å². The first-order valence-electron chi connectivity index (χ1n) is 21.4. The Morgan fingerprint density at radius 3 is 2.34 bits per heavy atom. The number of anilines is 1. The fraction of sp³-hybridized carbons (Fsp3) is 0.458. The third-order valence-electron chi connectivity index (χ3n) is 11.5. The number of hydrogen-bond acceptors (Lipinski definition) is 10. The summed E-state index contributed by atoms with van der Waals surface area (Å²) in [5.74, 6) is -3.40. The van der Waals surface area contributed by atoms with Crippen LogP contribution >= 0.6 is 11.3 Å². The van der Waals surface area contributed by atoms with E-state index in [4.69, 9.17) is 15.2 Å². The molecule has 1 aromatic heterocycles. The minimum Gasteiger partial charge on any atom is -0.491 e. The maximum atomic E-state index is 15.9. The number of likely N-dealkylation sites (tertiary alicyclic amines) is 1. The fourth-order valence-electron chi connectivity index (χ4n) is 8.28. The van der Waals surface area contributed by atoms with Crippen LogP contribution in [0.25, 0.3) is 16.0 Å². The van der Waals surface area contributed by atoms with Crippen molar-refractivity contribution in [1.82, 2.24) is 25.4 Å². The molecule has 0 bridgehead atoms. The Morgan fingerprint density at radius 1 is 1.03 bits per heavy atom. The van der Waals surface area contributed by atoms with Crippen LogP contribution in [0.3, 0.4) is 0 Å². The Morgan fingerprint density at radius 2 is 1.72 bits per heavy atom. The first-order valence-corrected chi connectivity index (χ1v) is 22.3. The highest BCUT2D eigenvalue weighted by Crippen LogP contribution is 2.42. The molecule has 0 saturated carbocycles. The molecule has 12 nitrogen and oxygen atoms in total. The molecule has 16 heteroatoms. The smallest absolute Gasteiger partial charge is 0.246 e. The van der Waals surface area contributed by atoms with Gasteiger partial charge in [-0.25, -0.2) is 18.2 Å². The number of para-hydroxylation sites is 1. The van der Waals surface area contributed by atoms with E-state index in [9.17, 15) is 19.5 Å². The number of alkyl halides is 1. The third-order valence-corrected chi connectivity index (χ3v) is 12.4. The number of hydrogen-bond donors (Lipinski definition) is 4. The lowest BCUT2D eigenvalue weighted by atomic mass is 9.85. The second kappa shape index (κ2) is 20.3. The van der Waals surface area contributed by atoms with Crippen molar-refractivity contribution in [1.29, 1.82) is 0 Å². The second-order valence-corrected chi connectivity index (χ2v) is 19.2. The van der Waals surface area contributed by atoms with Gasteiger partial charge in [0.1, 0.15) is 48.4 Å². The van der Waals surface area contributed by atoms with Gasteiger partial charge >= 0.3 is 0 Å². The lowest BCUT2D eigenvalue weighted by molar-refractivity contribution is -0.144. The van der Waals surface area contributed by atoms with Crippen LogP contribution in [0.2, 0.25) is 0 Å². The Labute approximate surface area is 377 Å². The molecule has 5 N–H and O–H groups in total. The number of aromatic nitrogens is 1. The van der Waals surface area contributed by atoms with Crippen LogP contribution in [0.4, 0.5) is 18.9 Å². The predicted octanol–water partition coefficient (Wildman–Crippen LogP) is 7.15. The van der Waals surface area contributed by atoms with E-state index in [1.54, 1.807) is 60.7 Å². The van der Waals surface area contributed by atoms with E-state index in [0.29, 0.717) is 12.1 Å². The fourth-order valence-corrected chi connectivity index (χ4v) is 9.10. The molecule has 2 aliphatic heterocycles. The Bertz CT molecular complexity index is 2300. The molecule has 0 aliphatic carbocycles. The second-order valence-electron chi connectivity index (χ2n) is 18.3. The largest absolute Gasteiger partial charge is 0.491 e. The Balaban J connectivity index is 1.03. The number of rotatable bonds is 16. The zero-order valence-corrected chi connectivity index (χ0v) is 38.2. The molecule has 3 aromatic carbocycles. The first kappa shape index (κ1) is 48.2. The van der Waals surface area contributed by atoms with Gasteiger partial charge in [0, 0.05) is 61.0 Å². The number of carbonyl (C=O) groups excluding carboxylic acids is 3. The summed E-state index contributed by atoms with van der Waals surface area (Å²) < 4.78 is 58.0. The summed E-state index contributed by atoms with van der Waals surface area (Å²) >= 11 is 1.55. The van der Waals surface area contributed by atoms with Gasteiger partial charge in [-0.3, -0.25) is 19.3 Å². The van der Waals surface area contributed by atoms with Crippen molar-refractivity contribution in [3.8, 4) is 16.2 Å². The summed E-state index contributed by atoms with van der Waals surface area (Å²) in [5.41, 5.74) is 10.3.